The van der Waals surface area contributed by atoms with Gasteiger partial charge in [0.25, 0.3) is 0 Å². The summed E-state index contributed by atoms with van der Waals surface area (Å²) in [7, 11) is 1.60. The van der Waals surface area contributed by atoms with Gasteiger partial charge in [-0.1, -0.05) is 69.2 Å². The molecule has 2 aromatic rings. The van der Waals surface area contributed by atoms with Gasteiger partial charge in [0.1, 0.15) is 23.5 Å². The first-order valence-corrected chi connectivity index (χ1v) is 10.2. The number of esters is 1. The van der Waals surface area contributed by atoms with Crippen molar-refractivity contribution in [2.75, 3.05) is 7.11 Å². The lowest BCUT2D eigenvalue weighted by atomic mass is 9.93. The van der Waals surface area contributed by atoms with Gasteiger partial charge in [-0.2, -0.15) is 5.26 Å². The standard InChI is InChI=1S/C25H29NO3/c1-4-6-8-13-21(5-2)29-25(27)23(18-26)24(19-11-9-7-10-12-19)20-14-16-22(28-3)17-15-20/h7,9-12,14-17,21H,4-6,8,13H2,1-3H3/t21-/m1/s1. The summed E-state index contributed by atoms with van der Waals surface area (Å²) in [5.74, 6) is 0.148. The molecule has 0 amide bonds. The lowest BCUT2D eigenvalue weighted by Gasteiger charge is -2.17. The molecular weight excluding hydrogens is 362 g/mol. The van der Waals surface area contributed by atoms with Gasteiger partial charge in [-0.05, 0) is 42.5 Å². The minimum atomic E-state index is -0.564. The summed E-state index contributed by atoms with van der Waals surface area (Å²) in [6.07, 6.45) is 4.61. The summed E-state index contributed by atoms with van der Waals surface area (Å²) >= 11 is 0. The highest BCUT2D eigenvalue weighted by molar-refractivity contribution is 6.05. The van der Waals surface area contributed by atoms with Crippen LogP contribution in [0.2, 0.25) is 0 Å². The van der Waals surface area contributed by atoms with Crippen LogP contribution in [0.4, 0.5) is 0 Å². The second-order valence-electron chi connectivity index (χ2n) is 6.89. The van der Waals surface area contributed by atoms with Gasteiger partial charge in [0.15, 0.2) is 0 Å². The molecule has 4 nitrogen and oxygen atoms in total. The molecule has 0 saturated carbocycles. The van der Waals surface area contributed by atoms with Crippen molar-refractivity contribution in [1.82, 2.24) is 0 Å². The average molecular weight is 392 g/mol. The number of carbonyl (C=O) groups is 1. The maximum atomic E-state index is 13.0. The molecule has 0 aliphatic carbocycles. The molecule has 2 rings (SSSR count). The largest absolute Gasteiger partial charge is 0.497 e. The lowest BCUT2D eigenvalue weighted by Crippen LogP contribution is -2.19. The number of methoxy groups -OCH3 is 1. The smallest absolute Gasteiger partial charge is 0.349 e. The maximum absolute atomic E-state index is 13.0. The third-order valence-corrected chi connectivity index (χ3v) is 4.87. The number of nitrogens with zero attached hydrogens (tertiary/aromatic N) is 1. The molecule has 0 aliphatic rings. The average Bonchev–Trinajstić information content (AvgIpc) is 2.77. The number of carbonyl (C=O) groups excluding carboxylic acids is 1. The Kier molecular flexibility index (Phi) is 8.98. The Labute approximate surface area is 173 Å². The number of hydrogen-bond acceptors (Lipinski definition) is 4. The third-order valence-electron chi connectivity index (χ3n) is 4.87. The van der Waals surface area contributed by atoms with E-state index in [4.69, 9.17) is 9.47 Å². The Morgan fingerprint density at radius 1 is 1.00 bits per heavy atom. The van der Waals surface area contributed by atoms with Gasteiger partial charge in [0, 0.05) is 5.57 Å². The van der Waals surface area contributed by atoms with Gasteiger partial charge in [-0.15, -0.1) is 0 Å². The van der Waals surface area contributed by atoms with Gasteiger partial charge in [-0.3, -0.25) is 0 Å². The van der Waals surface area contributed by atoms with Gasteiger partial charge in [0.2, 0.25) is 0 Å². The van der Waals surface area contributed by atoms with E-state index in [2.05, 4.69) is 13.0 Å². The van der Waals surface area contributed by atoms with E-state index < -0.39 is 5.97 Å². The van der Waals surface area contributed by atoms with Gasteiger partial charge in [-0.25, -0.2) is 4.79 Å². The summed E-state index contributed by atoms with van der Waals surface area (Å²) in [4.78, 5) is 13.0. The van der Waals surface area contributed by atoms with Crippen molar-refractivity contribution in [2.24, 2.45) is 0 Å². The molecule has 0 saturated heterocycles. The third kappa shape index (κ3) is 6.22. The van der Waals surface area contributed by atoms with Crippen LogP contribution in [-0.4, -0.2) is 19.2 Å². The molecule has 4 heteroatoms. The van der Waals surface area contributed by atoms with Crippen molar-refractivity contribution in [3.05, 3.63) is 71.3 Å². The van der Waals surface area contributed by atoms with Crippen LogP contribution < -0.4 is 4.74 Å². The first-order chi connectivity index (χ1) is 14.1. The molecule has 0 heterocycles. The lowest BCUT2D eigenvalue weighted by molar-refractivity contribution is -0.144. The highest BCUT2D eigenvalue weighted by Gasteiger charge is 2.22. The summed E-state index contributed by atoms with van der Waals surface area (Å²) in [5.41, 5.74) is 2.16. The minimum Gasteiger partial charge on any atom is -0.497 e. The minimum absolute atomic E-state index is 0.0234. The van der Waals surface area contributed by atoms with E-state index >= 15 is 0 Å². The van der Waals surface area contributed by atoms with Crippen LogP contribution in [0, 0.1) is 11.3 Å². The first-order valence-electron chi connectivity index (χ1n) is 10.2. The molecule has 29 heavy (non-hydrogen) atoms. The highest BCUT2D eigenvalue weighted by Crippen LogP contribution is 2.29. The molecule has 0 fully saturated rings. The molecular formula is C25H29NO3. The van der Waals surface area contributed by atoms with Crippen LogP contribution in [-0.2, 0) is 9.53 Å². The second-order valence-corrected chi connectivity index (χ2v) is 6.89. The van der Waals surface area contributed by atoms with E-state index in [-0.39, 0.29) is 11.7 Å². The van der Waals surface area contributed by atoms with Crippen LogP contribution in [0.15, 0.2) is 60.2 Å². The Balaban J connectivity index is 2.43. The predicted molar refractivity (Wildman–Crippen MR) is 115 cm³/mol. The topological polar surface area (TPSA) is 59.3 Å². The van der Waals surface area contributed by atoms with E-state index in [0.29, 0.717) is 11.3 Å². The van der Waals surface area contributed by atoms with Gasteiger partial charge in [0.05, 0.1) is 7.11 Å². The zero-order valence-corrected chi connectivity index (χ0v) is 17.5. The summed E-state index contributed by atoms with van der Waals surface area (Å²) in [6, 6.07) is 18.9. The SMILES string of the molecule is CCCCC[C@@H](CC)OC(=O)C(C#N)=C(c1ccccc1)c1ccc(OC)cc1. The fraction of sp³-hybridized carbons (Fsp3) is 0.360. The van der Waals surface area contributed by atoms with Crippen molar-refractivity contribution < 1.29 is 14.3 Å². The Hall–Kier alpha value is -3.06. The Morgan fingerprint density at radius 2 is 1.66 bits per heavy atom. The maximum Gasteiger partial charge on any atom is 0.349 e. The van der Waals surface area contributed by atoms with E-state index in [0.717, 1.165) is 43.2 Å². The molecule has 0 aromatic heterocycles. The molecule has 1 atom stereocenters. The number of rotatable bonds is 10. The fourth-order valence-corrected chi connectivity index (χ4v) is 3.20. The molecule has 0 spiro atoms. The van der Waals surface area contributed by atoms with Crippen LogP contribution in [0.25, 0.3) is 5.57 Å². The second kappa shape index (κ2) is 11.7. The highest BCUT2D eigenvalue weighted by atomic mass is 16.5. The summed E-state index contributed by atoms with van der Waals surface area (Å²) in [6.45, 7) is 4.14. The molecule has 0 unspecified atom stereocenters. The number of ether oxygens (including phenoxy) is 2. The van der Waals surface area contributed by atoms with Gasteiger partial charge < -0.3 is 9.47 Å². The monoisotopic (exact) mass is 391 g/mol. The number of unbranched alkanes of at least 4 members (excludes halogenated alkanes) is 2. The van der Waals surface area contributed by atoms with E-state index in [9.17, 15) is 10.1 Å². The zero-order chi connectivity index (χ0) is 21.1. The quantitative estimate of drug-likeness (QED) is 0.218. The Morgan fingerprint density at radius 3 is 2.21 bits per heavy atom. The number of nitriles is 1. The summed E-state index contributed by atoms with van der Waals surface area (Å²) in [5, 5.41) is 9.86. The van der Waals surface area contributed by atoms with Crippen molar-refractivity contribution >= 4 is 11.5 Å². The molecule has 2 aromatic carbocycles. The van der Waals surface area contributed by atoms with Crippen molar-refractivity contribution in [2.45, 2.75) is 52.1 Å². The summed E-state index contributed by atoms with van der Waals surface area (Å²) < 4.78 is 11.0. The van der Waals surface area contributed by atoms with Crippen LogP contribution in [0.5, 0.6) is 5.75 Å². The molecule has 0 aliphatic heterocycles. The first kappa shape index (κ1) is 22.2. The van der Waals surface area contributed by atoms with E-state index in [1.54, 1.807) is 7.11 Å². The van der Waals surface area contributed by atoms with E-state index in [1.165, 1.54) is 0 Å². The van der Waals surface area contributed by atoms with Crippen LogP contribution in [0.3, 0.4) is 0 Å². The molecule has 0 N–H and O–H groups in total. The predicted octanol–water partition coefficient (Wildman–Crippen LogP) is 5.92. The van der Waals surface area contributed by atoms with Crippen molar-refractivity contribution in [3.8, 4) is 11.8 Å². The van der Waals surface area contributed by atoms with Crippen molar-refractivity contribution in [1.29, 1.82) is 5.26 Å². The van der Waals surface area contributed by atoms with Crippen molar-refractivity contribution in [3.63, 3.8) is 0 Å². The molecule has 0 bridgehead atoms. The zero-order valence-electron chi connectivity index (χ0n) is 17.5. The molecule has 0 radical (unpaired) electrons. The Bertz CT molecular complexity index is 848. The van der Waals surface area contributed by atoms with Crippen LogP contribution in [0.1, 0.15) is 57.1 Å². The number of hydrogen-bond donors (Lipinski definition) is 0. The fourth-order valence-electron chi connectivity index (χ4n) is 3.20. The normalized spacial score (nSPS) is 12.5. The van der Waals surface area contributed by atoms with Gasteiger partial charge >= 0.3 is 5.97 Å². The van der Waals surface area contributed by atoms with E-state index in [1.807, 2.05) is 61.5 Å². The van der Waals surface area contributed by atoms with Crippen LogP contribution >= 0.6 is 0 Å². The number of benzene rings is 2. The molecule has 152 valence electrons.